The summed E-state index contributed by atoms with van der Waals surface area (Å²) in [6.45, 7) is 13.5. The normalized spacial score (nSPS) is 22.8. The van der Waals surface area contributed by atoms with Crippen molar-refractivity contribution in [2.75, 3.05) is 59.0 Å². The Kier molecular flexibility index (Phi) is 7.96. The zero-order valence-corrected chi connectivity index (χ0v) is 17.1. The lowest BCUT2D eigenvalue weighted by Gasteiger charge is -2.29. The van der Waals surface area contributed by atoms with E-state index in [4.69, 9.17) is 9.73 Å². The number of morpholine rings is 1. The van der Waals surface area contributed by atoms with E-state index in [0.717, 1.165) is 70.9 Å². The highest BCUT2D eigenvalue weighted by Crippen LogP contribution is 2.21. The largest absolute Gasteiger partial charge is 0.379 e. The third kappa shape index (κ3) is 6.51. The first-order chi connectivity index (χ1) is 13.2. The molecule has 2 fully saturated rings. The van der Waals surface area contributed by atoms with Gasteiger partial charge in [-0.2, -0.15) is 0 Å². The summed E-state index contributed by atoms with van der Waals surface area (Å²) in [6.07, 6.45) is 2.42. The van der Waals surface area contributed by atoms with Gasteiger partial charge in [0.05, 0.1) is 13.2 Å². The van der Waals surface area contributed by atoms with Crippen LogP contribution in [0.1, 0.15) is 25.8 Å². The van der Waals surface area contributed by atoms with Crippen LogP contribution in [0.4, 0.5) is 0 Å². The van der Waals surface area contributed by atoms with Crippen LogP contribution in [0.5, 0.6) is 0 Å². The molecule has 150 valence electrons. The lowest BCUT2D eigenvalue weighted by Crippen LogP contribution is -2.41. The van der Waals surface area contributed by atoms with Gasteiger partial charge in [0, 0.05) is 45.8 Å². The van der Waals surface area contributed by atoms with E-state index in [9.17, 15) is 0 Å². The Morgan fingerprint density at radius 3 is 2.74 bits per heavy atom. The topological polar surface area (TPSA) is 40.1 Å². The van der Waals surface area contributed by atoms with Crippen LogP contribution in [-0.4, -0.2) is 74.8 Å². The Hall–Kier alpha value is -1.59. The summed E-state index contributed by atoms with van der Waals surface area (Å²) in [6, 6.07) is 10.9. The molecule has 2 atom stereocenters. The maximum Gasteiger partial charge on any atom is 0.193 e. The summed E-state index contributed by atoms with van der Waals surface area (Å²) in [7, 11) is 0. The fraction of sp³-hybridized carbons (Fsp3) is 0.682. The summed E-state index contributed by atoms with van der Waals surface area (Å²) in [5, 5.41) is 3.51. The van der Waals surface area contributed by atoms with Crippen LogP contribution in [-0.2, 0) is 11.2 Å². The van der Waals surface area contributed by atoms with Crippen molar-refractivity contribution in [2.24, 2.45) is 16.8 Å². The highest BCUT2D eigenvalue weighted by molar-refractivity contribution is 5.80. The van der Waals surface area contributed by atoms with Crippen LogP contribution >= 0.6 is 0 Å². The Bertz CT molecular complexity index is 571. The van der Waals surface area contributed by atoms with Gasteiger partial charge in [0.2, 0.25) is 0 Å². The van der Waals surface area contributed by atoms with Gasteiger partial charge >= 0.3 is 0 Å². The second-order valence-electron chi connectivity index (χ2n) is 8.00. The van der Waals surface area contributed by atoms with E-state index in [0.29, 0.717) is 5.92 Å². The summed E-state index contributed by atoms with van der Waals surface area (Å²) < 4.78 is 5.45. The minimum absolute atomic E-state index is 0.569. The smallest absolute Gasteiger partial charge is 0.193 e. The molecule has 1 aromatic carbocycles. The molecule has 2 saturated heterocycles. The highest BCUT2D eigenvalue weighted by Gasteiger charge is 2.25. The molecule has 1 N–H and O–H groups in total. The van der Waals surface area contributed by atoms with Crippen molar-refractivity contribution in [2.45, 2.75) is 26.7 Å². The molecular formula is C22H36N4O. The average Bonchev–Trinajstić information content (AvgIpc) is 3.15. The Morgan fingerprint density at radius 2 is 2.00 bits per heavy atom. The van der Waals surface area contributed by atoms with Crippen LogP contribution in [0.25, 0.3) is 0 Å². The lowest BCUT2D eigenvalue weighted by atomic mass is 9.99. The van der Waals surface area contributed by atoms with Gasteiger partial charge in [-0.3, -0.25) is 9.89 Å². The van der Waals surface area contributed by atoms with E-state index < -0.39 is 0 Å². The number of aliphatic imine (C=N–C) groups is 1. The Morgan fingerprint density at radius 1 is 1.22 bits per heavy atom. The van der Waals surface area contributed by atoms with Gasteiger partial charge in [-0.25, -0.2) is 0 Å². The zero-order chi connectivity index (χ0) is 18.9. The molecule has 0 bridgehead atoms. The van der Waals surface area contributed by atoms with Crippen molar-refractivity contribution >= 4 is 5.96 Å². The molecule has 3 rings (SSSR count). The van der Waals surface area contributed by atoms with Crippen molar-refractivity contribution in [1.29, 1.82) is 0 Å². The van der Waals surface area contributed by atoms with E-state index in [2.05, 4.69) is 59.3 Å². The number of ether oxygens (including phenoxy) is 1. The third-order valence-corrected chi connectivity index (χ3v) is 5.51. The molecule has 2 aliphatic rings. The second-order valence-corrected chi connectivity index (χ2v) is 8.00. The van der Waals surface area contributed by atoms with Crippen LogP contribution in [0.15, 0.2) is 35.3 Å². The van der Waals surface area contributed by atoms with E-state index >= 15 is 0 Å². The summed E-state index contributed by atoms with van der Waals surface area (Å²) >= 11 is 0. The van der Waals surface area contributed by atoms with Crippen molar-refractivity contribution in [3.8, 4) is 0 Å². The molecule has 0 radical (unpaired) electrons. The molecule has 2 aliphatic heterocycles. The molecule has 0 aromatic heterocycles. The van der Waals surface area contributed by atoms with Crippen molar-refractivity contribution in [3.63, 3.8) is 0 Å². The average molecular weight is 373 g/mol. The number of nitrogens with one attached hydrogen (secondary N) is 1. The van der Waals surface area contributed by atoms with Crippen LogP contribution < -0.4 is 5.32 Å². The molecule has 27 heavy (non-hydrogen) atoms. The quantitative estimate of drug-likeness (QED) is 0.590. The second kappa shape index (κ2) is 10.7. The van der Waals surface area contributed by atoms with Gasteiger partial charge in [0.1, 0.15) is 0 Å². The van der Waals surface area contributed by atoms with Crippen LogP contribution in [0.3, 0.4) is 0 Å². The molecule has 2 heterocycles. The minimum Gasteiger partial charge on any atom is -0.379 e. The van der Waals surface area contributed by atoms with Gasteiger partial charge in [-0.1, -0.05) is 37.3 Å². The predicted octanol–water partition coefficient (Wildman–Crippen LogP) is 2.48. The Labute approximate surface area is 164 Å². The number of nitrogens with zero attached hydrogens (tertiary/aromatic N) is 3. The van der Waals surface area contributed by atoms with E-state index in [-0.39, 0.29) is 0 Å². The first-order valence-corrected chi connectivity index (χ1v) is 10.6. The SMILES string of the molecule is CCNC(=NCC(C)CN1CCOCC1)N1CCC(Cc2ccccc2)C1. The van der Waals surface area contributed by atoms with Crippen LogP contribution in [0, 0.1) is 11.8 Å². The highest BCUT2D eigenvalue weighted by atomic mass is 16.5. The molecule has 5 heteroatoms. The van der Waals surface area contributed by atoms with E-state index in [1.165, 1.54) is 18.4 Å². The lowest BCUT2D eigenvalue weighted by molar-refractivity contribution is 0.0323. The van der Waals surface area contributed by atoms with E-state index in [1.54, 1.807) is 0 Å². The van der Waals surface area contributed by atoms with Gasteiger partial charge in [0.25, 0.3) is 0 Å². The third-order valence-electron chi connectivity index (χ3n) is 5.51. The number of rotatable bonds is 7. The Balaban J connectivity index is 1.49. The predicted molar refractivity (Wildman–Crippen MR) is 112 cm³/mol. The fourth-order valence-corrected chi connectivity index (χ4v) is 4.09. The van der Waals surface area contributed by atoms with Gasteiger partial charge in [-0.05, 0) is 37.2 Å². The molecular weight excluding hydrogens is 336 g/mol. The van der Waals surface area contributed by atoms with Crippen molar-refractivity contribution < 1.29 is 4.74 Å². The van der Waals surface area contributed by atoms with Crippen molar-refractivity contribution in [3.05, 3.63) is 35.9 Å². The van der Waals surface area contributed by atoms with Crippen LogP contribution in [0.2, 0.25) is 0 Å². The molecule has 0 spiro atoms. The first-order valence-electron chi connectivity index (χ1n) is 10.6. The van der Waals surface area contributed by atoms with Gasteiger partial charge in [0.15, 0.2) is 5.96 Å². The van der Waals surface area contributed by atoms with Crippen molar-refractivity contribution in [1.82, 2.24) is 15.1 Å². The summed E-state index contributed by atoms with van der Waals surface area (Å²) in [5.74, 6) is 2.39. The molecule has 5 nitrogen and oxygen atoms in total. The molecule has 1 aromatic rings. The number of guanidine groups is 1. The molecule has 0 amide bonds. The monoisotopic (exact) mass is 372 g/mol. The zero-order valence-electron chi connectivity index (χ0n) is 17.1. The van der Waals surface area contributed by atoms with Gasteiger partial charge in [-0.15, -0.1) is 0 Å². The molecule has 0 aliphatic carbocycles. The number of likely N-dealkylation sites (tertiary alicyclic amines) is 1. The molecule has 0 saturated carbocycles. The maximum atomic E-state index is 5.45. The number of benzene rings is 1. The van der Waals surface area contributed by atoms with Gasteiger partial charge < -0.3 is 15.0 Å². The standard InChI is InChI=1S/C22H36N4O/c1-3-23-22(24-16-19(2)17-25-11-13-27-14-12-25)26-10-9-21(18-26)15-20-7-5-4-6-8-20/h4-8,19,21H,3,9-18H2,1-2H3,(H,23,24). The summed E-state index contributed by atoms with van der Waals surface area (Å²) in [4.78, 5) is 9.94. The fourth-order valence-electron chi connectivity index (χ4n) is 4.09. The first kappa shape index (κ1) is 20.2. The minimum atomic E-state index is 0.569. The van der Waals surface area contributed by atoms with E-state index in [1.807, 2.05) is 0 Å². The summed E-state index contributed by atoms with van der Waals surface area (Å²) in [5.41, 5.74) is 1.45. The molecule has 2 unspecified atom stereocenters. The number of hydrogen-bond donors (Lipinski definition) is 1. The maximum absolute atomic E-state index is 5.45. The number of hydrogen-bond acceptors (Lipinski definition) is 3.